The lowest BCUT2D eigenvalue weighted by Gasteiger charge is -2.30. The SMILES string of the molecule is Cc1c(C(C)NC2CCCC(C(=O)O)C2)cnn1C. The first kappa shape index (κ1) is 14.1. The number of carboxylic acid groups (broad SMARTS) is 1. The van der Waals surface area contributed by atoms with Crippen molar-refractivity contribution in [2.45, 2.75) is 51.6 Å². The van der Waals surface area contributed by atoms with E-state index in [4.69, 9.17) is 5.11 Å². The maximum Gasteiger partial charge on any atom is 0.306 e. The number of rotatable bonds is 4. The summed E-state index contributed by atoms with van der Waals surface area (Å²) < 4.78 is 1.87. The number of hydrogen-bond acceptors (Lipinski definition) is 3. The molecule has 1 aliphatic carbocycles. The van der Waals surface area contributed by atoms with Crippen molar-refractivity contribution in [2.24, 2.45) is 13.0 Å². The van der Waals surface area contributed by atoms with Crippen molar-refractivity contribution >= 4 is 5.97 Å². The van der Waals surface area contributed by atoms with Crippen LogP contribution in [0.3, 0.4) is 0 Å². The molecule has 106 valence electrons. The third-order valence-corrected chi connectivity index (χ3v) is 4.25. The Hall–Kier alpha value is -1.36. The lowest BCUT2D eigenvalue weighted by molar-refractivity contribution is -0.143. The second kappa shape index (κ2) is 5.74. The van der Waals surface area contributed by atoms with Gasteiger partial charge in [0.15, 0.2) is 0 Å². The van der Waals surface area contributed by atoms with E-state index in [2.05, 4.69) is 24.3 Å². The molecule has 0 amide bonds. The molecule has 1 heterocycles. The van der Waals surface area contributed by atoms with E-state index in [9.17, 15) is 4.79 Å². The standard InChI is InChI=1S/C14H23N3O2/c1-9(13-8-15-17(3)10(13)2)16-12-6-4-5-11(7-12)14(18)19/h8-9,11-12,16H,4-7H2,1-3H3,(H,18,19). The minimum absolute atomic E-state index is 0.187. The lowest BCUT2D eigenvalue weighted by Crippen LogP contribution is -2.37. The third-order valence-electron chi connectivity index (χ3n) is 4.25. The zero-order valence-electron chi connectivity index (χ0n) is 11.9. The van der Waals surface area contributed by atoms with E-state index in [0.717, 1.165) is 31.4 Å². The topological polar surface area (TPSA) is 67.2 Å². The Balaban J connectivity index is 1.97. The van der Waals surface area contributed by atoms with Crippen molar-refractivity contribution in [2.75, 3.05) is 0 Å². The minimum Gasteiger partial charge on any atom is -0.481 e. The van der Waals surface area contributed by atoms with Gasteiger partial charge in [-0.1, -0.05) is 6.42 Å². The average molecular weight is 265 g/mol. The lowest BCUT2D eigenvalue weighted by atomic mass is 9.85. The molecule has 5 heteroatoms. The molecule has 3 unspecified atom stereocenters. The Labute approximate surface area is 114 Å². The number of aromatic nitrogens is 2. The highest BCUT2D eigenvalue weighted by atomic mass is 16.4. The summed E-state index contributed by atoms with van der Waals surface area (Å²) in [6.45, 7) is 4.18. The van der Waals surface area contributed by atoms with Crippen molar-refractivity contribution in [1.82, 2.24) is 15.1 Å². The molecule has 0 saturated heterocycles. The van der Waals surface area contributed by atoms with Crippen molar-refractivity contribution < 1.29 is 9.90 Å². The first-order valence-electron chi connectivity index (χ1n) is 6.96. The van der Waals surface area contributed by atoms with E-state index < -0.39 is 5.97 Å². The van der Waals surface area contributed by atoms with Gasteiger partial charge in [0.2, 0.25) is 0 Å². The predicted octanol–water partition coefficient (Wildman–Crippen LogP) is 2.02. The fourth-order valence-corrected chi connectivity index (χ4v) is 2.95. The highest BCUT2D eigenvalue weighted by Crippen LogP contribution is 2.27. The van der Waals surface area contributed by atoms with Gasteiger partial charge in [-0.3, -0.25) is 9.48 Å². The summed E-state index contributed by atoms with van der Waals surface area (Å²) in [5.74, 6) is -0.842. The Morgan fingerprint density at radius 2 is 2.32 bits per heavy atom. The van der Waals surface area contributed by atoms with Gasteiger partial charge in [-0.05, 0) is 33.1 Å². The highest BCUT2D eigenvalue weighted by Gasteiger charge is 2.28. The van der Waals surface area contributed by atoms with Gasteiger partial charge in [0.25, 0.3) is 0 Å². The summed E-state index contributed by atoms with van der Waals surface area (Å²) in [5, 5.41) is 16.9. The van der Waals surface area contributed by atoms with Crippen LogP contribution >= 0.6 is 0 Å². The second-order valence-corrected chi connectivity index (χ2v) is 5.60. The molecule has 0 aliphatic heterocycles. The molecule has 0 radical (unpaired) electrons. The van der Waals surface area contributed by atoms with Gasteiger partial charge in [-0.2, -0.15) is 5.10 Å². The van der Waals surface area contributed by atoms with Gasteiger partial charge in [0.05, 0.1) is 12.1 Å². The first-order chi connectivity index (χ1) is 8.99. The summed E-state index contributed by atoms with van der Waals surface area (Å²) in [7, 11) is 1.94. The van der Waals surface area contributed by atoms with Crippen LogP contribution in [0.1, 0.15) is 49.9 Å². The van der Waals surface area contributed by atoms with E-state index in [-0.39, 0.29) is 12.0 Å². The molecule has 2 rings (SSSR count). The molecule has 1 saturated carbocycles. The van der Waals surface area contributed by atoms with Crippen LogP contribution in [0.4, 0.5) is 0 Å². The van der Waals surface area contributed by atoms with Gasteiger partial charge in [0.1, 0.15) is 0 Å². The van der Waals surface area contributed by atoms with E-state index in [1.807, 2.05) is 17.9 Å². The Morgan fingerprint density at radius 3 is 2.89 bits per heavy atom. The van der Waals surface area contributed by atoms with Crippen molar-refractivity contribution in [3.8, 4) is 0 Å². The van der Waals surface area contributed by atoms with E-state index in [0.29, 0.717) is 6.04 Å². The summed E-state index contributed by atoms with van der Waals surface area (Å²) in [6, 6.07) is 0.510. The number of nitrogens with zero attached hydrogens (tertiary/aromatic N) is 2. The molecule has 1 aliphatic rings. The van der Waals surface area contributed by atoms with Crippen LogP contribution < -0.4 is 5.32 Å². The fourth-order valence-electron chi connectivity index (χ4n) is 2.95. The summed E-state index contributed by atoms with van der Waals surface area (Å²) in [6.07, 6.45) is 5.50. The quantitative estimate of drug-likeness (QED) is 0.874. The molecule has 0 bridgehead atoms. The summed E-state index contributed by atoms with van der Waals surface area (Å²) in [4.78, 5) is 11.1. The number of carbonyl (C=O) groups is 1. The number of aliphatic carboxylic acids is 1. The van der Waals surface area contributed by atoms with Crippen LogP contribution in [0.25, 0.3) is 0 Å². The maximum atomic E-state index is 11.1. The fraction of sp³-hybridized carbons (Fsp3) is 0.714. The summed E-state index contributed by atoms with van der Waals surface area (Å²) >= 11 is 0. The molecular formula is C14H23N3O2. The van der Waals surface area contributed by atoms with Gasteiger partial charge >= 0.3 is 5.97 Å². The average Bonchev–Trinajstić information content (AvgIpc) is 2.70. The van der Waals surface area contributed by atoms with E-state index >= 15 is 0 Å². The molecule has 19 heavy (non-hydrogen) atoms. The smallest absolute Gasteiger partial charge is 0.306 e. The predicted molar refractivity (Wildman–Crippen MR) is 72.9 cm³/mol. The molecule has 1 aromatic rings. The monoisotopic (exact) mass is 265 g/mol. The van der Waals surface area contributed by atoms with Crippen LogP contribution in [0, 0.1) is 12.8 Å². The molecule has 3 atom stereocenters. The zero-order valence-corrected chi connectivity index (χ0v) is 11.9. The first-order valence-corrected chi connectivity index (χ1v) is 6.96. The van der Waals surface area contributed by atoms with Crippen LogP contribution in [-0.4, -0.2) is 26.9 Å². The third kappa shape index (κ3) is 3.15. The molecule has 0 spiro atoms. The largest absolute Gasteiger partial charge is 0.481 e. The van der Waals surface area contributed by atoms with Gasteiger partial charge in [-0.15, -0.1) is 0 Å². The normalized spacial score (nSPS) is 25.2. The van der Waals surface area contributed by atoms with Gasteiger partial charge in [0, 0.05) is 30.4 Å². The molecule has 2 N–H and O–H groups in total. The molecule has 1 fully saturated rings. The van der Waals surface area contributed by atoms with E-state index in [1.54, 1.807) is 0 Å². The molecular weight excluding hydrogens is 242 g/mol. The van der Waals surface area contributed by atoms with Crippen LogP contribution in [0.15, 0.2) is 6.20 Å². The Morgan fingerprint density at radius 1 is 1.58 bits per heavy atom. The number of hydrogen-bond donors (Lipinski definition) is 2. The molecule has 5 nitrogen and oxygen atoms in total. The van der Waals surface area contributed by atoms with Crippen molar-refractivity contribution in [1.29, 1.82) is 0 Å². The van der Waals surface area contributed by atoms with Gasteiger partial charge in [-0.25, -0.2) is 0 Å². The summed E-state index contributed by atoms with van der Waals surface area (Å²) in [5.41, 5.74) is 2.35. The minimum atomic E-state index is -0.656. The van der Waals surface area contributed by atoms with Crippen molar-refractivity contribution in [3.05, 3.63) is 17.5 Å². The second-order valence-electron chi connectivity index (χ2n) is 5.60. The highest BCUT2D eigenvalue weighted by molar-refractivity contribution is 5.70. The van der Waals surface area contributed by atoms with Crippen LogP contribution in [0.2, 0.25) is 0 Å². The number of nitrogens with one attached hydrogen (secondary N) is 1. The molecule has 0 aromatic carbocycles. The van der Waals surface area contributed by atoms with Crippen LogP contribution in [-0.2, 0) is 11.8 Å². The van der Waals surface area contributed by atoms with Crippen molar-refractivity contribution in [3.63, 3.8) is 0 Å². The number of aryl methyl sites for hydroxylation is 1. The zero-order chi connectivity index (χ0) is 14.0. The molecule has 1 aromatic heterocycles. The number of carboxylic acids is 1. The Bertz CT molecular complexity index is 456. The van der Waals surface area contributed by atoms with Crippen LogP contribution in [0.5, 0.6) is 0 Å². The Kier molecular flexibility index (Phi) is 4.24. The van der Waals surface area contributed by atoms with E-state index in [1.165, 1.54) is 5.56 Å². The maximum absolute atomic E-state index is 11.1. The van der Waals surface area contributed by atoms with Gasteiger partial charge < -0.3 is 10.4 Å².